The summed E-state index contributed by atoms with van der Waals surface area (Å²) in [6.07, 6.45) is -5.17. The molecule has 0 saturated heterocycles. The molecular formula is C7H10ClF3O. The monoisotopic (exact) mass is 202 g/mol. The molecule has 0 heterocycles. The molecule has 1 fully saturated rings. The van der Waals surface area contributed by atoms with E-state index in [0.29, 0.717) is 12.8 Å². The van der Waals surface area contributed by atoms with Crippen molar-refractivity contribution < 1.29 is 17.9 Å². The van der Waals surface area contributed by atoms with Crippen molar-refractivity contribution >= 4 is 11.6 Å². The van der Waals surface area contributed by atoms with Crippen LogP contribution in [-0.2, 0) is 4.74 Å². The van der Waals surface area contributed by atoms with Gasteiger partial charge in [0.05, 0.1) is 6.10 Å². The first-order valence-electron chi connectivity index (χ1n) is 3.76. The lowest BCUT2D eigenvalue weighted by molar-refractivity contribution is -0.233. The van der Waals surface area contributed by atoms with E-state index in [-0.39, 0.29) is 11.5 Å². The average molecular weight is 203 g/mol. The smallest absolute Gasteiger partial charge is 0.366 e. The summed E-state index contributed by atoms with van der Waals surface area (Å²) in [4.78, 5) is 0. The fraction of sp³-hybridized carbons (Fsp3) is 1.00. The highest BCUT2D eigenvalue weighted by molar-refractivity contribution is 6.21. The summed E-state index contributed by atoms with van der Waals surface area (Å²) in [5.41, 5.74) is 0. The van der Waals surface area contributed by atoms with Gasteiger partial charge in [-0.2, -0.15) is 13.2 Å². The SMILES string of the molecule is CC(OC1CC(Cl)C1)C(F)(F)F. The van der Waals surface area contributed by atoms with Crippen molar-refractivity contribution in [2.75, 3.05) is 0 Å². The van der Waals surface area contributed by atoms with Gasteiger partial charge in [0.15, 0.2) is 6.10 Å². The van der Waals surface area contributed by atoms with E-state index in [2.05, 4.69) is 0 Å². The lowest BCUT2D eigenvalue weighted by Gasteiger charge is -2.33. The number of alkyl halides is 4. The highest BCUT2D eigenvalue weighted by Crippen LogP contribution is 2.32. The van der Waals surface area contributed by atoms with E-state index >= 15 is 0 Å². The van der Waals surface area contributed by atoms with Gasteiger partial charge in [0.1, 0.15) is 0 Å². The van der Waals surface area contributed by atoms with Gasteiger partial charge in [0.25, 0.3) is 0 Å². The molecule has 1 atom stereocenters. The fourth-order valence-electron chi connectivity index (χ4n) is 0.978. The number of ether oxygens (including phenoxy) is 1. The molecule has 72 valence electrons. The molecule has 0 spiro atoms. The zero-order valence-electron chi connectivity index (χ0n) is 6.57. The van der Waals surface area contributed by atoms with Crippen LogP contribution < -0.4 is 0 Å². The molecule has 1 saturated carbocycles. The Hall–Kier alpha value is 0.0400. The minimum atomic E-state index is -4.25. The summed E-state index contributed by atoms with van der Waals surface area (Å²) in [6, 6.07) is 0. The maximum atomic E-state index is 11.9. The van der Waals surface area contributed by atoms with Crippen LogP contribution in [0.25, 0.3) is 0 Å². The Morgan fingerprint density at radius 2 is 1.92 bits per heavy atom. The van der Waals surface area contributed by atoms with Crippen LogP contribution in [0.15, 0.2) is 0 Å². The zero-order valence-corrected chi connectivity index (χ0v) is 7.32. The third-order valence-corrected chi connectivity index (χ3v) is 2.25. The minimum absolute atomic E-state index is 0.00423. The lowest BCUT2D eigenvalue weighted by Crippen LogP contribution is -2.39. The number of halogens is 4. The van der Waals surface area contributed by atoms with Crippen molar-refractivity contribution in [2.45, 2.75) is 43.5 Å². The molecular weight excluding hydrogens is 193 g/mol. The summed E-state index contributed by atoms with van der Waals surface area (Å²) in [5.74, 6) is 0. The van der Waals surface area contributed by atoms with Gasteiger partial charge in [-0.25, -0.2) is 0 Å². The van der Waals surface area contributed by atoms with Crippen molar-refractivity contribution in [1.82, 2.24) is 0 Å². The molecule has 0 aliphatic heterocycles. The van der Waals surface area contributed by atoms with Crippen LogP contribution in [0.1, 0.15) is 19.8 Å². The molecule has 5 heteroatoms. The Labute approximate surface area is 73.8 Å². The maximum absolute atomic E-state index is 11.9. The Balaban J connectivity index is 2.23. The average Bonchev–Trinajstić information content (AvgIpc) is 1.82. The Kier molecular flexibility index (Phi) is 2.88. The second-order valence-electron chi connectivity index (χ2n) is 3.01. The molecule has 0 N–H and O–H groups in total. The van der Waals surface area contributed by atoms with E-state index in [1.807, 2.05) is 0 Å². The van der Waals surface area contributed by atoms with E-state index in [4.69, 9.17) is 16.3 Å². The summed E-state index contributed by atoms with van der Waals surface area (Å²) in [7, 11) is 0. The van der Waals surface area contributed by atoms with Gasteiger partial charge < -0.3 is 4.74 Å². The number of rotatable bonds is 2. The van der Waals surface area contributed by atoms with Gasteiger partial charge >= 0.3 is 6.18 Å². The second kappa shape index (κ2) is 3.42. The predicted molar refractivity (Wildman–Crippen MR) is 39.3 cm³/mol. The quantitative estimate of drug-likeness (QED) is 0.626. The largest absolute Gasteiger partial charge is 0.414 e. The van der Waals surface area contributed by atoms with Crippen molar-refractivity contribution in [1.29, 1.82) is 0 Å². The summed E-state index contributed by atoms with van der Waals surface area (Å²) in [5, 5.41) is -0.00423. The zero-order chi connectivity index (χ0) is 9.35. The molecule has 12 heavy (non-hydrogen) atoms. The van der Waals surface area contributed by atoms with Gasteiger partial charge in [0.2, 0.25) is 0 Å². The first-order valence-corrected chi connectivity index (χ1v) is 4.19. The van der Waals surface area contributed by atoms with Crippen molar-refractivity contribution in [2.24, 2.45) is 0 Å². The van der Waals surface area contributed by atoms with E-state index in [0.717, 1.165) is 6.92 Å². The third-order valence-electron chi connectivity index (χ3n) is 1.89. The highest BCUT2D eigenvalue weighted by atomic mass is 35.5. The molecule has 0 aromatic carbocycles. The van der Waals surface area contributed by atoms with Gasteiger partial charge in [0, 0.05) is 5.38 Å². The molecule has 1 aliphatic rings. The first kappa shape index (κ1) is 10.1. The van der Waals surface area contributed by atoms with E-state index < -0.39 is 12.3 Å². The molecule has 0 amide bonds. The molecule has 0 radical (unpaired) electrons. The Morgan fingerprint density at radius 3 is 2.25 bits per heavy atom. The standard InChI is InChI=1S/C7H10ClF3O/c1-4(7(9,10)11)12-6-2-5(8)3-6/h4-6H,2-3H2,1H3. The molecule has 1 unspecified atom stereocenters. The molecule has 1 aliphatic carbocycles. The lowest BCUT2D eigenvalue weighted by atomic mass is 9.95. The molecule has 1 rings (SSSR count). The number of hydrogen-bond donors (Lipinski definition) is 0. The molecule has 0 bridgehead atoms. The van der Waals surface area contributed by atoms with Gasteiger partial charge in [-0.15, -0.1) is 11.6 Å². The van der Waals surface area contributed by atoms with Crippen LogP contribution in [0.5, 0.6) is 0 Å². The Morgan fingerprint density at radius 1 is 1.42 bits per heavy atom. The van der Waals surface area contributed by atoms with E-state index in [1.165, 1.54) is 0 Å². The third kappa shape index (κ3) is 2.52. The predicted octanol–water partition coefficient (Wildman–Crippen LogP) is 2.72. The highest BCUT2D eigenvalue weighted by Gasteiger charge is 2.40. The minimum Gasteiger partial charge on any atom is -0.366 e. The fourth-order valence-corrected chi connectivity index (χ4v) is 1.38. The summed E-state index contributed by atoms with van der Waals surface area (Å²) in [6.45, 7) is 1.02. The van der Waals surface area contributed by atoms with Gasteiger partial charge in [-0.05, 0) is 19.8 Å². The van der Waals surface area contributed by atoms with Gasteiger partial charge in [-0.1, -0.05) is 0 Å². The molecule has 1 nitrogen and oxygen atoms in total. The van der Waals surface area contributed by atoms with Crippen molar-refractivity contribution in [3.8, 4) is 0 Å². The van der Waals surface area contributed by atoms with Crippen molar-refractivity contribution in [3.05, 3.63) is 0 Å². The van der Waals surface area contributed by atoms with E-state index in [9.17, 15) is 13.2 Å². The second-order valence-corrected chi connectivity index (χ2v) is 3.63. The Bertz CT molecular complexity index is 153. The van der Waals surface area contributed by atoms with Crippen molar-refractivity contribution in [3.63, 3.8) is 0 Å². The maximum Gasteiger partial charge on any atom is 0.414 e. The van der Waals surface area contributed by atoms with Crippen LogP contribution in [0.3, 0.4) is 0 Å². The summed E-state index contributed by atoms with van der Waals surface area (Å²) >= 11 is 5.58. The first-order chi connectivity index (χ1) is 5.39. The van der Waals surface area contributed by atoms with Crippen LogP contribution in [0.4, 0.5) is 13.2 Å². The van der Waals surface area contributed by atoms with Crippen LogP contribution >= 0.6 is 11.6 Å². The normalized spacial score (nSPS) is 32.8. The number of hydrogen-bond acceptors (Lipinski definition) is 1. The van der Waals surface area contributed by atoms with Crippen LogP contribution in [-0.4, -0.2) is 23.8 Å². The van der Waals surface area contributed by atoms with Gasteiger partial charge in [-0.3, -0.25) is 0 Å². The van der Waals surface area contributed by atoms with E-state index in [1.54, 1.807) is 0 Å². The summed E-state index contributed by atoms with van der Waals surface area (Å²) < 4.78 is 40.4. The molecule has 0 aromatic rings. The van der Waals surface area contributed by atoms with Crippen LogP contribution in [0, 0.1) is 0 Å². The van der Waals surface area contributed by atoms with Crippen LogP contribution in [0.2, 0.25) is 0 Å². The topological polar surface area (TPSA) is 9.23 Å². The molecule has 0 aromatic heterocycles.